The highest BCUT2D eigenvalue weighted by atomic mass is 16.3. The first-order chi connectivity index (χ1) is 25.8. The average molecular weight is 664 g/mol. The lowest BCUT2D eigenvalue weighted by Crippen LogP contribution is -2.03. The van der Waals surface area contributed by atoms with Crippen LogP contribution in [0.1, 0.15) is 0 Å². The van der Waals surface area contributed by atoms with E-state index in [1.54, 1.807) is 0 Å². The van der Waals surface area contributed by atoms with Gasteiger partial charge in [0.05, 0.1) is 27.6 Å². The molecule has 0 radical (unpaired) electrons. The summed E-state index contributed by atoms with van der Waals surface area (Å²) in [5.41, 5.74) is 11.4. The van der Waals surface area contributed by atoms with Gasteiger partial charge in [-0.05, 0) is 69.4 Å². The number of hydrogen-bond donors (Lipinski definition) is 0. The summed E-state index contributed by atoms with van der Waals surface area (Å²) < 4.78 is 8.99. The van der Waals surface area contributed by atoms with E-state index in [2.05, 4.69) is 168 Å². The molecular formula is C48H29N3O. The highest BCUT2D eigenvalue weighted by Gasteiger charge is 2.22. The third-order valence-corrected chi connectivity index (χ3v) is 10.4. The minimum Gasteiger partial charge on any atom is -0.455 e. The van der Waals surface area contributed by atoms with Crippen molar-refractivity contribution in [1.29, 1.82) is 0 Å². The molecule has 4 nitrogen and oxygen atoms in total. The number of fused-ring (bicyclic) bond motifs is 10. The van der Waals surface area contributed by atoms with E-state index in [0.717, 1.165) is 65.9 Å². The Hall–Kier alpha value is -7.04. The van der Waals surface area contributed by atoms with Gasteiger partial charge in [0.25, 0.3) is 0 Å². The Morgan fingerprint density at radius 1 is 0.404 bits per heavy atom. The van der Waals surface area contributed by atoms with Gasteiger partial charge in [-0.15, -0.1) is 0 Å². The van der Waals surface area contributed by atoms with Crippen LogP contribution >= 0.6 is 0 Å². The summed E-state index contributed by atoms with van der Waals surface area (Å²) >= 11 is 0. The Bertz CT molecular complexity index is 3160. The zero-order valence-corrected chi connectivity index (χ0v) is 28.0. The summed E-state index contributed by atoms with van der Waals surface area (Å²) in [6.07, 6.45) is 0. The summed E-state index contributed by atoms with van der Waals surface area (Å²) in [6, 6.07) is 61.9. The molecule has 0 bridgehead atoms. The summed E-state index contributed by atoms with van der Waals surface area (Å²) in [6.45, 7) is 0. The third-order valence-electron chi connectivity index (χ3n) is 10.4. The Kier molecular flexibility index (Phi) is 6.22. The molecule has 3 heterocycles. The van der Waals surface area contributed by atoms with E-state index in [1.807, 2.05) is 12.1 Å². The van der Waals surface area contributed by atoms with Crippen molar-refractivity contribution in [1.82, 2.24) is 14.5 Å². The lowest BCUT2D eigenvalue weighted by atomic mass is 9.98. The number of rotatable bonds is 4. The average Bonchev–Trinajstić information content (AvgIpc) is 3.77. The first-order valence-electron chi connectivity index (χ1n) is 17.6. The third kappa shape index (κ3) is 4.34. The molecule has 0 spiro atoms. The van der Waals surface area contributed by atoms with Crippen molar-refractivity contribution in [2.75, 3.05) is 0 Å². The first kappa shape index (κ1) is 28.8. The molecule has 3 aromatic heterocycles. The van der Waals surface area contributed by atoms with Crippen molar-refractivity contribution in [2.45, 2.75) is 0 Å². The molecule has 0 aliphatic carbocycles. The SMILES string of the molecule is c1ccc(-c2ccc(-c3nc(-n4c5ccccc5c5c6oc7ccc8cc(-c9ccccc9)ccc8c7c6ccc54)nc4ccccc34)cc2)cc1. The fourth-order valence-electron chi connectivity index (χ4n) is 7.98. The number of para-hydroxylation sites is 2. The molecule has 8 aromatic carbocycles. The van der Waals surface area contributed by atoms with E-state index >= 15 is 0 Å². The van der Waals surface area contributed by atoms with Crippen molar-refractivity contribution in [3.05, 3.63) is 176 Å². The Morgan fingerprint density at radius 3 is 1.85 bits per heavy atom. The van der Waals surface area contributed by atoms with Crippen molar-refractivity contribution < 1.29 is 4.42 Å². The zero-order chi connectivity index (χ0) is 34.2. The normalized spacial score (nSPS) is 11.8. The largest absolute Gasteiger partial charge is 0.455 e. The van der Waals surface area contributed by atoms with E-state index in [-0.39, 0.29) is 0 Å². The lowest BCUT2D eigenvalue weighted by molar-refractivity contribution is 0.673. The minimum absolute atomic E-state index is 0.626. The van der Waals surface area contributed by atoms with Crippen molar-refractivity contribution in [3.63, 3.8) is 0 Å². The molecule has 11 rings (SSSR count). The fourth-order valence-corrected chi connectivity index (χ4v) is 7.98. The number of aromatic nitrogens is 3. The maximum absolute atomic E-state index is 6.80. The van der Waals surface area contributed by atoms with Crippen LogP contribution < -0.4 is 0 Å². The summed E-state index contributed by atoms with van der Waals surface area (Å²) in [4.78, 5) is 10.5. The molecule has 11 aromatic rings. The molecule has 0 atom stereocenters. The predicted molar refractivity (Wildman–Crippen MR) is 215 cm³/mol. The van der Waals surface area contributed by atoms with Crippen molar-refractivity contribution in [3.8, 4) is 39.5 Å². The topological polar surface area (TPSA) is 43.9 Å². The number of hydrogen-bond acceptors (Lipinski definition) is 3. The van der Waals surface area contributed by atoms with Crippen LogP contribution in [0.25, 0.3) is 105 Å². The smallest absolute Gasteiger partial charge is 0.235 e. The van der Waals surface area contributed by atoms with Crippen LogP contribution in [0.3, 0.4) is 0 Å². The molecule has 0 N–H and O–H groups in total. The van der Waals surface area contributed by atoms with Gasteiger partial charge in [0.15, 0.2) is 0 Å². The monoisotopic (exact) mass is 663 g/mol. The van der Waals surface area contributed by atoms with E-state index < -0.39 is 0 Å². The summed E-state index contributed by atoms with van der Waals surface area (Å²) in [5.74, 6) is 0.626. The molecule has 52 heavy (non-hydrogen) atoms. The van der Waals surface area contributed by atoms with Crippen molar-refractivity contribution in [2.24, 2.45) is 0 Å². The van der Waals surface area contributed by atoms with E-state index in [4.69, 9.17) is 14.4 Å². The maximum Gasteiger partial charge on any atom is 0.235 e. The second kappa shape index (κ2) is 11.2. The van der Waals surface area contributed by atoms with Crippen LogP contribution in [0.4, 0.5) is 0 Å². The molecule has 0 aliphatic rings. The Balaban J connectivity index is 1.13. The van der Waals surface area contributed by atoms with Gasteiger partial charge in [-0.1, -0.05) is 140 Å². The van der Waals surface area contributed by atoms with Gasteiger partial charge in [-0.2, -0.15) is 0 Å². The molecule has 4 heteroatoms. The number of benzene rings is 8. The van der Waals surface area contributed by atoms with E-state index in [9.17, 15) is 0 Å². The van der Waals surface area contributed by atoms with Crippen molar-refractivity contribution >= 4 is 65.4 Å². The van der Waals surface area contributed by atoms with Gasteiger partial charge in [0.1, 0.15) is 11.2 Å². The summed E-state index contributed by atoms with van der Waals surface area (Å²) in [7, 11) is 0. The molecular weight excluding hydrogens is 635 g/mol. The van der Waals surface area contributed by atoms with Gasteiger partial charge < -0.3 is 4.42 Å². The zero-order valence-electron chi connectivity index (χ0n) is 28.0. The second-order valence-electron chi connectivity index (χ2n) is 13.4. The summed E-state index contributed by atoms with van der Waals surface area (Å²) in [5, 5.41) is 7.78. The standard InChI is InChI=1S/C48H29N3O/c1-3-11-30(12-4-1)32-19-21-33(22-20-32)46-37-15-7-9-17-40(37)49-48(50-46)51-41-18-10-8-16-38(41)45-42(51)27-26-39-44-36-25-23-34(31-13-5-2-6-14-31)29-35(36)24-28-43(44)52-47(39)45/h1-29H. The Morgan fingerprint density at radius 2 is 1.04 bits per heavy atom. The Labute approximate surface area is 298 Å². The predicted octanol–water partition coefficient (Wildman–Crippen LogP) is 12.8. The van der Waals surface area contributed by atoms with Crippen LogP contribution in [0.5, 0.6) is 0 Å². The maximum atomic E-state index is 6.80. The van der Waals surface area contributed by atoms with Gasteiger partial charge in [-0.3, -0.25) is 4.57 Å². The molecule has 0 saturated carbocycles. The van der Waals surface area contributed by atoms with Crippen LogP contribution in [0.2, 0.25) is 0 Å². The van der Waals surface area contributed by atoms with Crippen LogP contribution in [0, 0.1) is 0 Å². The van der Waals surface area contributed by atoms with E-state index in [0.29, 0.717) is 5.95 Å². The van der Waals surface area contributed by atoms with Crippen LogP contribution in [-0.2, 0) is 0 Å². The highest BCUT2D eigenvalue weighted by molar-refractivity contribution is 6.27. The van der Waals surface area contributed by atoms with Gasteiger partial charge in [0.2, 0.25) is 5.95 Å². The van der Waals surface area contributed by atoms with E-state index in [1.165, 1.54) is 33.0 Å². The molecule has 0 fully saturated rings. The van der Waals surface area contributed by atoms with Gasteiger partial charge in [0, 0.05) is 27.1 Å². The molecule has 0 saturated heterocycles. The second-order valence-corrected chi connectivity index (χ2v) is 13.4. The van der Waals surface area contributed by atoms with Gasteiger partial charge in [-0.25, -0.2) is 9.97 Å². The fraction of sp³-hybridized carbons (Fsp3) is 0. The highest BCUT2D eigenvalue weighted by Crippen LogP contribution is 2.43. The molecule has 242 valence electrons. The minimum atomic E-state index is 0.626. The van der Waals surface area contributed by atoms with Gasteiger partial charge >= 0.3 is 0 Å². The number of nitrogens with zero attached hydrogens (tertiary/aromatic N) is 3. The quantitative estimate of drug-likeness (QED) is 0.188. The van der Waals surface area contributed by atoms with Crippen LogP contribution in [-0.4, -0.2) is 14.5 Å². The first-order valence-corrected chi connectivity index (χ1v) is 17.6. The molecule has 0 amide bonds. The molecule has 0 unspecified atom stereocenters. The molecule has 0 aliphatic heterocycles. The van der Waals surface area contributed by atoms with Crippen LogP contribution in [0.15, 0.2) is 180 Å². The lowest BCUT2D eigenvalue weighted by Gasteiger charge is -2.12. The number of furan rings is 1.